The van der Waals surface area contributed by atoms with E-state index in [9.17, 15) is 0 Å². The lowest BCUT2D eigenvalue weighted by atomic mass is 9.75. The molecule has 0 amide bonds. The van der Waals surface area contributed by atoms with Crippen molar-refractivity contribution in [2.24, 2.45) is 0 Å². The number of hydrogen-bond donors (Lipinski definition) is 2. The van der Waals surface area contributed by atoms with E-state index in [1.165, 1.54) is 44.9 Å². The Labute approximate surface area is 110 Å². The van der Waals surface area contributed by atoms with E-state index in [-0.39, 0.29) is 0 Å². The summed E-state index contributed by atoms with van der Waals surface area (Å²) in [6.45, 7) is 0.985. The molecule has 0 spiro atoms. The molecule has 2 rings (SSSR count). The number of rotatable bonds is 4. The van der Waals surface area contributed by atoms with Crippen LogP contribution in [0.4, 0.5) is 0 Å². The van der Waals surface area contributed by atoms with Gasteiger partial charge in [-0.25, -0.2) is 0 Å². The molecule has 0 atom stereocenters. The summed E-state index contributed by atoms with van der Waals surface area (Å²) in [5.74, 6) is 0. The van der Waals surface area contributed by atoms with Gasteiger partial charge in [-0.1, -0.05) is 12.8 Å². The van der Waals surface area contributed by atoms with Gasteiger partial charge in [0.2, 0.25) is 0 Å². The maximum atomic E-state index is 5.38. The third kappa shape index (κ3) is 3.10. The van der Waals surface area contributed by atoms with Crippen LogP contribution in [0.3, 0.4) is 0 Å². The lowest BCUT2D eigenvalue weighted by Gasteiger charge is -2.47. The van der Waals surface area contributed by atoms with Gasteiger partial charge in [0.1, 0.15) is 0 Å². The molecule has 2 aliphatic rings. The van der Waals surface area contributed by atoms with Crippen molar-refractivity contribution in [3.05, 3.63) is 0 Å². The maximum Gasteiger partial charge on any atom is 0.166 e. The van der Waals surface area contributed by atoms with E-state index in [1.807, 2.05) is 0 Å². The first-order valence-electron chi connectivity index (χ1n) is 6.84. The minimum absolute atomic E-state index is 0.349. The van der Waals surface area contributed by atoms with Crippen molar-refractivity contribution in [3.63, 3.8) is 0 Å². The lowest BCUT2D eigenvalue weighted by Crippen LogP contribution is -2.58. The Bertz CT molecular complexity index is 268. The molecule has 17 heavy (non-hydrogen) atoms. The van der Waals surface area contributed by atoms with E-state index < -0.39 is 0 Å². The third-order valence-electron chi connectivity index (χ3n) is 4.50. The molecule has 2 fully saturated rings. The summed E-state index contributed by atoms with van der Waals surface area (Å²) in [6, 6.07) is 0.617. The van der Waals surface area contributed by atoms with Crippen molar-refractivity contribution < 1.29 is 0 Å². The van der Waals surface area contributed by atoms with Crippen LogP contribution in [0.2, 0.25) is 0 Å². The van der Waals surface area contributed by atoms with Crippen LogP contribution in [0.15, 0.2) is 0 Å². The number of hydrogen-bond acceptors (Lipinski definition) is 2. The van der Waals surface area contributed by atoms with Gasteiger partial charge in [-0.15, -0.1) is 0 Å². The highest BCUT2D eigenvalue weighted by Gasteiger charge is 2.38. The van der Waals surface area contributed by atoms with Crippen LogP contribution in [-0.2, 0) is 0 Å². The van der Waals surface area contributed by atoms with Gasteiger partial charge in [0.15, 0.2) is 5.11 Å². The van der Waals surface area contributed by atoms with Crippen molar-refractivity contribution in [2.75, 3.05) is 20.6 Å². The molecular formula is C13H25N3S. The van der Waals surface area contributed by atoms with Crippen molar-refractivity contribution in [2.45, 2.75) is 56.5 Å². The van der Waals surface area contributed by atoms with Gasteiger partial charge in [0.25, 0.3) is 0 Å². The Morgan fingerprint density at radius 1 is 1.24 bits per heavy atom. The van der Waals surface area contributed by atoms with Crippen molar-refractivity contribution in [1.29, 1.82) is 0 Å². The van der Waals surface area contributed by atoms with Crippen LogP contribution in [0.25, 0.3) is 0 Å². The van der Waals surface area contributed by atoms with E-state index in [2.05, 4.69) is 29.6 Å². The van der Waals surface area contributed by atoms with Crippen LogP contribution in [0.1, 0.15) is 44.9 Å². The first kappa shape index (κ1) is 13.1. The Morgan fingerprint density at radius 2 is 1.88 bits per heavy atom. The zero-order valence-electron chi connectivity index (χ0n) is 11.1. The van der Waals surface area contributed by atoms with Crippen molar-refractivity contribution >= 4 is 17.3 Å². The first-order valence-corrected chi connectivity index (χ1v) is 7.25. The molecule has 0 aromatic carbocycles. The van der Waals surface area contributed by atoms with Gasteiger partial charge in [-0.05, 0) is 58.4 Å². The van der Waals surface area contributed by atoms with Crippen LogP contribution >= 0.6 is 12.2 Å². The molecule has 0 aliphatic heterocycles. The van der Waals surface area contributed by atoms with E-state index >= 15 is 0 Å². The molecule has 0 aromatic rings. The molecule has 3 nitrogen and oxygen atoms in total. The summed E-state index contributed by atoms with van der Waals surface area (Å²) < 4.78 is 0. The molecule has 0 bridgehead atoms. The third-order valence-corrected chi connectivity index (χ3v) is 4.76. The predicted octanol–water partition coefficient (Wildman–Crippen LogP) is 1.88. The fourth-order valence-corrected chi connectivity index (χ4v) is 3.16. The lowest BCUT2D eigenvalue weighted by molar-refractivity contribution is 0.0648. The van der Waals surface area contributed by atoms with Crippen LogP contribution in [0, 0.1) is 0 Å². The predicted molar refractivity (Wildman–Crippen MR) is 76.3 cm³/mol. The molecule has 0 aromatic heterocycles. The topological polar surface area (TPSA) is 27.3 Å². The van der Waals surface area contributed by atoms with Crippen molar-refractivity contribution in [1.82, 2.24) is 15.5 Å². The summed E-state index contributed by atoms with van der Waals surface area (Å²) >= 11 is 5.38. The Hall–Kier alpha value is -0.350. The Morgan fingerprint density at radius 3 is 2.35 bits per heavy atom. The monoisotopic (exact) mass is 255 g/mol. The molecule has 0 unspecified atom stereocenters. The summed E-state index contributed by atoms with van der Waals surface area (Å²) in [5.41, 5.74) is 0.349. The summed E-state index contributed by atoms with van der Waals surface area (Å²) in [7, 11) is 4.35. The quantitative estimate of drug-likeness (QED) is 0.750. The highest BCUT2D eigenvalue weighted by Crippen LogP contribution is 2.35. The SMILES string of the molecule is CN(C)C1(CNC(=S)NC2CCCC2)CCC1. The van der Waals surface area contributed by atoms with Gasteiger partial charge < -0.3 is 15.5 Å². The summed E-state index contributed by atoms with van der Waals surface area (Å²) in [4.78, 5) is 2.35. The molecule has 2 N–H and O–H groups in total. The number of likely N-dealkylation sites (N-methyl/N-ethyl adjacent to an activating group) is 1. The molecule has 2 aliphatic carbocycles. The van der Waals surface area contributed by atoms with Gasteiger partial charge in [0, 0.05) is 18.1 Å². The van der Waals surface area contributed by atoms with E-state index in [0.717, 1.165) is 11.7 Å². The van der Waals surface area contributed by atoms with Gasteiger partial charge in [0.05, 0.1) is 0 Å². The molecule has 2 saturated carbocycles. The number of thiocarbonyl (C=S) groups is 1. The first-order chi connectivity index (χ1) is 8.12. The fraction of sp³-hybridized carbons (Fsp3) is 0.923. The van der Waals surface area contributed by atoms with Crippen LogP contribution in [0.5, 0.6) is 0 Å². The molecule has 0 heterocycles. The largest absolute Gasteiger partial charge is 0.361 e. The minimum Gasteiger partial charge on any atom is -0.361 e. The van der Waals surface area contributed by atoms with E-state index in [0.29, 0.717) is 11.6 Å². The van der Waals surface area contributed by atoms with Gasteiger partial charge in [-0.3, -0.25) is 0 Å². The second-order valence-electron chi connectivity index (χ2n) is 5.78. The van der Waals surface area contributed by atoms with E-state index in [1.54, 1.807) is 0 Å². The molecular weight excluding hydrogens is 230 g/mol. The Balaban J connectivity index is 1.71. The molecule has 0 radical (unpaired) electrons. The standard InChI is InChI=1S/C13H25N3S/c1-16(2)13(8-5-9-13)10-14-12(17)15-11-6-3-4-7-11/h11H,3-10H2,1-2H3,(H2,14,15,17). The Kier molecular flexibility index (Phi) is 4.26. The molecule has 98 valence electrons. The summed E-state index contributed by atoms with van der Waals surface area (Å²) in [5, 5.41) is 7.70. The second kappa shape index (κ2) is 5.53. The molecule has 0 saturated heterocycles. The highest BCUT2D eigenvalue weighted by molar-refractivity contribution is 7.80. The fourth-order valence-electron chi connectivity index (χ4n) is 2.92. The molecule has 4 heteroatoms. The smallest absolute Gasteiger partial charge is 0.166 e. The second-order valence-corrected chi connectivity index (χ2v) is 6.19. The van der Waals surface area contributed by atoms with Crippen LogP contribution in [-0.4, -0.2) is 42.2 Å². The maximum absolute atomic E-state index is 5.38. The number of nitrogens with zero attached hydrogens (tertiary/aromatic N) is 1. The number of nitrogens with one attached hydrogen (secondary N) is 2. The zero-order valence-corrected chi connectivity index (χ0v) is 11.9. The van der Waals surface area contributed by atoms with Gasteiger partial charge >= 0.3 is 0 Å². The average molecular weight is 255 g/mol. The zero-order chi connectivity index (χ0) is 12.3. The summed E-state index contributed by atoms with van der Waals surface area (Å²) in [6.07, 6.45) is 9.19. The average Bonchev–Trinajstić information content (AvgIpc) is 2.68. The minimum atomic E-state index is 0.349. The van der Waals surface area contributed by atoms with E-state index in [4.69, 9.17) is 12.2 Å². The van der Waals surface area contributed by atoms with Crippen LogP contribution < -0.4 is 10.6 Å². The van der Waals surface area contributed by atoms with Crippen molar-refractivity contribution in [3.8, 4) is 0 Å². The van der Waals surface area contributed by atoms with Gasteiger partial charge in [-0.2, -0.15) is 0 Å². The normalized spacial score (nSPS) is 23.5. The highest BCUT2D eigenvalue weighted by atomic mass is 32.1.